The van der Waals surface area contributed by atoms with Crippen LogP contribution in [0.1, 0.15) is 11.3 Å². The van der Waals surface area contributed by atoms with Gasteiger partial charge in [-0.1, -0.05) is 29.5 Å². The molecule has 0 aliphatic carbocycles. The van der Waals surface area contributed by atoms with Gasteiger partial charge in [0.2, 0.25) is 5.89 Å². The Balaban J connectivity index is 1.35. The van der Waals surface area contributed by atoms with Gasteiger partial charge in [0.05, 0.1) is 12.8 Å². The highest BCUT2D eigenvalue weighted by Gasteiger charge is 2.10. The van der Waals surface area contributed by atoms with Crippen LogP contribution < -0.4 is 10.1 Å². The lowest BCUT2D eigenvalue weighted by molar-refractivity contribution is 0.415. The molecule has 0 spiro atoms. The minimum atomic E-state index is 0.530. The first kappa shape index (κ1) is 18.5. The summed E-state index contributed by atoms with van der Waals surface area (Å²) in [5, 5.41) is 14.9. The summed E-state index contributed by atoms with van der Waals surface area (Å²) >= 11 is 3.04. The second-order valence-corrected chi connectivity index (χ2v) is 7.81. The van der Waals surface area contributed by atoms with E-state index in [0.29, 0.717) is 16.9 Å². The van der Waals surface area contributed by atoms with Crippen molar-refractivity contribution < 1.29 is 9.15 Å². The average Bonchev–Trinajstić information content (AvgIpc) is 3.37. The number of thiazole rings is 1. The van der Waals surface area contributed by atoms with E-state index in [1.165, 1.54) is 17.3 Å². The van der Waals surface area contributed by atoms with E-state index < -0.39 is 0 Å². The molecule has 0 fully saturated rings. The molecule has 4 rings (SSSR count). The highest BCUT2D eigenvalue weighted by atomic mass is 32.2. The number of thioether (sulfide) groups is 1. The number of aryl methyl sites for hydroxylation is 1. The maximum absolute atomic E-state index is 5.74. The van der Waals surface area contributed by atoms with E-state index in [2.05, 4.69) is 20.5 Å². The third kappa shape index (κ3) is 4.52. The first-order valence-corrected chi connectivity index (χ1v) is 10.4. The van der Waals surface area contributed by atoms with Gasteiger partial charge in [0.25, 0.3) is 5.22 Å². The second kappa shape index (κ2) is 8.45. The summed E-state index contributed by atoms with van der Waals surface area (Å²) in [7, 11) is 1.65. The van der Waals surface area contributed by atoms with Crippen LogP contribution in [0.25, 0.3) is 11.5 Å². The number of nitrogens with zero attached hydrogens (tertiary/aromatic N) is 3. The van der Waals surface area contributed by atoms with Crippen LogP contribution in [-0.4, -0.2) is 22.3 Å². The Hall–Kier alpha value is -2.84. The number of hydrogen-bond acceptors (Lipinski definition) is 8. The number of ether oxygens (including phenoxy) is 1. The summed E-state index contributed by atoms with van der Waals surface area (Å²) in [6.07, 6.45) is 0. The Morgan fingerprint density at radius 2 is 1.86 bits per heavy atom. The highest BCUT2D eigenvalue weighted by Crippen LogP contribution is 2.28. The number of hydrogen-bond donors (Lipinski definition) is 1. The van der Waals surface area contributed by atoms with Crippen LogP contribution in [0.5, 0.6) is 5.75 Å². The van der Waals surface area contributed by atoms with Crippen LogP contribution in [0.3, 0.4) is 0 Å². The zero-order valence-electron chi connectivity index (χ0n) is 15.4. The molecule has 0 saturated heterocycles. The fourth-order valence-electron chi connectivity index (χ4n) is 2.45. The van der Waals surface area contributed by atoms with E-state index in [0.717, 1.165) is 27.8 Å². The quantitative estimate of drug-likeness (QED) is 0.401. The van der Waals surface area contributed by atoms with Crippen LogP contribution in [0.15, 0.2) is 63.6 Å². The molecule has 0 saturated carbocycles. The minimum Gasteiger partial charge on any atom is -0.497 e. The van der Waals surface area contributed by atoms with E-state index >= 15 is 0 Å². The van der Waals surface area contributed by atoms with Gasteiger partial charge in [-0.15, -0.1) is 21.5 Å². The molecule has 0 bridgehead atoms. The van der Waals surface area contributed by atoms with Crippen LogP contribution in [0.2, 0.25) is 0 Å². The molecule has 2 heterocycles. The Morgan fingerprint density at radius 1 is 1.07 bits per heavy atom. The fraction of sp³-hybridized carbons (Fsp3) is 0.150. The van der Waals surface area contributed by atoms with Crippen LogP contribution >= 0.6 is 23.1 Å². The number of nitrogens with one attached hydrogen (secondary N) is 1. The Labute approximate surface area is 171 Å². The van der Waals surface area contributed by atoms with Crippen molar-refractivity contribution in [2.24, 2.45) is 0 Å². The first-order chi connectivity index (χ1) is 13.7. The van der Waals surface area contributed by atoms with Crippen molar-refractivity contribution in [3.63, 3.8) is 0 Å². The van der Waals surface area contributed by atoms with Crippen molar-refractivity contribution in [3.05, 3.63) is 65.2 Å². The van der Waals surface area contributed by atoms with Gasteiger partial charge in [0, 0.05) is 22.4 Å². The molecule has 4 aromatic rings. The molecule has 2 aromatic heterocycles. The summed E-state index contributed by atoms with van der Waals surface area (Å²) in [5.41, 5.74) is 4.04. The maximum Gasteiger partial charge on any atom is 0.277 e. The van der Waals surface area contributed by atoms with E-state index in [1.807, 2.05) is 60.8 Å². The lowest BCUT2D eigenvalue weighted by atomic mass is 10.1. The normalized spacial score (nSPS) is 10.8. The van der Waals surface area contributed by atoms with E-state index in [9.17, 15) is 0 Å². The number of anilines is 2. The van der Waals surface area contributed by atoms with E-state index in [1.54, 1.807) is 18.4 Å². The Morgan fingerprint density at radius 3 is 2.61 bits per heavy atom. The van der Waals surface area contributed by atoms with Crippen molar-refractivity contribution >= 4 is 33.9 Å². The Kier molecular flexibility index (Phi) is 5.59. The van der Waals surface area contributed by atoms with Crippen molar-refractivity contribution in [1.29, 1.82) is 0 Å². The van der Waals surface area contributed by atoms with Gasteiger partial charge in [-0.05, 0) is 43.3 Å². The molecule has 0 aliphatic rings. The lowest BCUT2D eigenvalue weighted by Crippen LogP contribution is -1.90. The van der Waals surface area contributed by atoms with Crippen LogP contribution in [0.4, 0.5) is 10.8 Å². The fourth-order valence-corrected chi connectivity index (χ4v) is 3.94. The first-order valence-electron chi connectivity index (χ1n) is 8.58. The molecular weight excluding hydrogens is 392 g/mol. The molecule has 0 atom stereocenters. The summed E-state index contributed by atoms with van der Waals surface area (Å²) in [4.78, 5) is 4.60. The topological polar surface area (TPSA) is 73.1 Å². The van der Waals surface area contributed by atoms with Gasteiger partial charge in [-0.2, -0.15) is 0 Å². The molecular formula is C20H18N4O2S2. The largest absolute Gasteiger partial charge is 0.497 e. The maximum atomic E-state index is 5.74. The zero-order chi connectivity index (χ0) is 19.3. The third-order valence-electron chi connectivity index (χ3n) is 3.94. The van der Waals surface area contributed by atoms with Gasteiger partial charge in [-0.3, -0.25) is 0 Å². The van der Waals surface area contributed by atoms with Crippen LogP contribution in [0, 0.1) is 6.92 Å². The molecule has 1 N–H and O–H groups in total. The molecule has 2 aromatic carbocycles. The SMILES string of the molecule is COc1ccc(Nc2nc(CSc3nnc(-c4ccc(C)cc4)o3)cs2)cc1. The standard InChI is InChI=1S/C20H18N4O2S2/c1-13-3-5-14(6-4-13)18-23-24-20(26-18)28-12-16-11-27-19(22-16)21-15-7-9-17(25-2)10-8-15/h3-11H,12H2,1-2H3,(H,21,22). The number of aromatic nitrogens is 3. The van der Waals surface area contributed by atoms with Crippen molar-refractivity contribution in [3.8, 4) is 17.2 Å². The molecule has 142 valence electrons. The molecule has 6 nitrogen and oxygen atoms in total. The molecule has 8 heteroatoms. The number of rotatable bonds is 7. The van der Waals surface area contributed by atoms with E-state index in [4.69, 9.17) is 9.15 Å². The molecule has 28 heavy (non-hydrogen) atoms. The monoisotopic (exact) mass is 410 g/mol. The molecule has 0 amide bonds. The van der Waals surface area contributed by atoms with Gasteiger partial charge in [0.15, 0.2) is 5.13 Å². The van der Waals surface area contributed by atoms with Crippen LogP contribution in [-0.2, 0) is 5.75 Å². The lowest BCUT2D eigenvalue weighted by Gasteiger charge is -2.03. The number of benzene rings is 2. The van der Waals surface area contributed by atoms with Gasteiger partial charge < -0.3 is 14.5 Å². The van der Waals surface area contributed by atoms with Gasteiger partial charge in [-0.25, -0.2) is 4.98 Å². The third-order valence-corrected chi connectivity index (χ3v) is 5.60. The smallest absolute Gasteiger partial charge is 0.277 e. The number of methoxy groups -OCH3 is 1. The van der Waals surface area contributed by atoms with Crippen molar-refractivity contribution in [1.82, 2.24) is 15.2 Å². The highest BCUT2D eigenvalue weighted by molar-refractivity contribution is 7.98. The molecule has 0 unspecified atom stereocenters. The second-order valence-electron chi connectivity index (χ2n) is 6.03. The van der Waals surface area contributed by atoms with E-state index in [-0.39, 0.29) is 0 Å². The minimum absolute atomic E-state index is 0.530. The molecule has 0 aliphatic heterocycles. The summed E-state index contributed by atoms with van der Waals surface area (Å²) < 4.78 is 10.9. The van der Waals surface area contributed by atoms with Crippen molar-refractivity contribution in [2.45, 2.75) is 17.9 Å². The zero-order valence-corrected chi connectivity index (χ0v) is 17.0. The van der Waals surface area contributed by atoms with Gasteiger partial charge in [0.1, 0.15) is 5.75 Å². The predicted molar refractivity (Wildman–Crippen MR) is 112 cm³/mol. The average molecular weight is 411 g/mol. The summed E-state index contributed by atoms with van der Waals surface area (Å²) in [6.45, 7) is 2.05. The van der Waals surface area contributed by atoms with Crippen molar-refractivity contribution in [2.75, 3.05) is 12.4 Å². The van der Waals surface area contributed by atoms with Gasteiger partial charge >= 0.3 is 0 Å². The predicted octanol–water partition coefficient (Wildman–Crippen LogP) is 5.55. The summed E-state index contributed by atoms with van der Waals surface area (Å²) in [6, 6.07) is 15.8. The summed E-state index contributed by atoms with van der Waals surface area (Å²) in [5.74, 6) is 2.02. The molecule has 0 radical (unpaired) electrons. The Bertz CT molecular complexity index is 1040.